The molecule has 3 heterocycles. The quantitative estimate of drug-likeness (QED) is 0.434. The number of aromatic amines is 1. The molecule has 0 saturated heterocycles. The standard InChI is InChI=1S/C22H23N5O2S2/c1-3-27-19(13-8-4-6-10-15(13)29-2)25-26-22(27)30-12-17-23-20(28)18-14-9-5-7-11-16(14)31-21(18)24-17/h4,6,8,10H,3,5,7,9,11-12H2,1-2H3,(H,23,24,28). The molecule has 160 valence electrons. The Morgan fingerprint density at radius 1 is 1.23 bits per heavy atom. The first-order chi connectivity index (χ1) is 15.2. The lowest BCUT2D eigenvalue weighted by atomic mass is 9.97. The molecule has 31 heavy (non-hydrogen) atoms. The fraction of sp³-hybridized carbons (Fsp3) is 0.364. The summed E-state index contributed by atoms with van der Waals surface area (Å²) in [5, 5.41) is 10.4. The number of hydrogen-bond acceptors (Lipinski definition) is 7. The number of aryl methyl sites for hydroxylation is 2. The SMILES string of the molecule is CCn1c(SCc2nc3sc4c(c3c(=O)[nH]2)CCCC4)nnc1-c1ccccc1OC. The second-order valence-electron chi connectivity index (χ2n) is 7.44. The first-order valence-electron chi connectivity index (χ1n) is 10.4. The Kier molecular flexibility index (Phi) is 5.54. The maximum absolute atomic E-state index is 12.8. The zero-order valence-electron chi connectivity index (χ0n) is 17.5. The van der Waals surface area contributed by atoms with E-state index < -0.39 is 0 Å². The molecule has 4 aromatic rings. The van der Waals surface area contributed by atoms with E-state index in [0.717, 1.165) is 58.3 Å². The highest BCUT2D eigenvalue weighted by Gasteiger charge is 2.21. The zero-order chi connectivity index (χ0) is 21.4. The Labute approximate surface area is 187 Å². The van der Waals surface area contributed by atoms with Crippen molar-refractivity contribution < 1.29 is 4.74 Å². The number of fused-ring (bicyclic) bond motifs is 3. The minimum Gasteiger partial charge on any atom is -0.496 e. The monoisotopic (exact) mass is 453 g/mol. The summed E-state index contributed by atoms with van der Waals surface area (Å²) in [6, 6.07) is 7.80. The summed E-state index contributed by atoms with van der Waals surface area (Å²) in [4.78, 5) is 22.7. The molecule has 7 nitrogen and oxygen atoms in total. The number of rotatable bonds is 6. The van der Waals surface area contributed by atoms with Crippen LogP contribution in [-0.4, -0.2) is 31.8 Å². The Hall–Kier alpha value is -2.65. The molecular formula is C22H23N5O2S2. The molecule has 1 aliphatic carbocycles. The number of thioether (sulfide) groups is 1. The molecule has 0 aliphatic heterocycles. The van der Waals surface area contributed by atoms with Gasteiger partial charge in [-0.15, -0.1) is 21.5 Å². The van der Waals surface area contributed by atoms with Crippen LogP contribution < -0.4 is 10.3 Å². The van der Waals surface area contributed by atoms with Crippen LogP contribution in [-0.2, 0) is 25.1 Å². The van der Waals surface area contributed by atoms with Gasteiger partial charge in [0, 0.05) is 11.4 Å². The molecule has 0 radical (unpaired) electrons. The van der Waals surface area contributed by atoms with Crippen molar-refractivity contribution in [2.45, 2.75) is 50.1 Å². The lowest BCUT2D eigenvalue weighted by Crippen LogP contribution is -2.12. The lowest BCUT2D eigenvalue weighted by Gasteiger charge is -2.10. The van der Waals surface area contributed by atoms with Gasteiger partial charge >= 0.3 is 0 Å². The number of nitrogens with one attached hydrogen (secondary N) is 1. The Morgan fingerprint density at radius 3 is 2.90 bits per heavy atom. The van der Waals surface area contributed by atoms with E-state index in [9.17, 15) is 4.79 Å². The summed E-state index contributed by atoms with van der Waals surface area (Å²) in [5.74, 6) is 2.73. The molecule has 9 heteroatoms. The van der Waals surface area contributed by atoms with Crippen molar-refractivity contribution in [3.05, 3.63) is 50.9 Å². The van der Waals surface area contributed by atoms with Crippen molar-refractivity contribution >= 4 is 33.3 Å². The van der Waals surface area contributed by atoms with Crippen LogP contribution in [0.15, 0.2) is 34.2 Å². The molecule has 0 fully saturated rings. The minimum absolute atomic E-state index is 0.0216. The van der Waals surface area contributed by atoms with Gasteiger partial charge < -0.3 is 14.3 Å². The van der Waals surface area contributed by atoms with Crippen molar-refractivity contribution in [3.63, 3.8) is 0 Å². The molecule has 1 aromatic carbocycles. The number of ether oxygens (including phenoxy) is 1. The van der Waals surface area contributed by atoms with Gasteiger partial charge in [0.25, 0.3) is 5.56 Å². The van der Waals surface area contributed by atoms with Gasteiger partial charge in [-0.2, -0.15) is 0 Å². The van der Waals surface area contributed by atoms with Crippen LogP contribution in [0.2, 0.25) is 0 Å². The van der Waals surface area contributed by atoms with E-state index in [2.05, 4.69) is 26.7 Å². The molecule has 0 atom stereocenters. The third-order valence-electron chi connectivity index (χ3n) is 5.59. The largest absolute Gasteiger partial charge is 0.496 e. The summed E-state index contributed by atoms with van der Waals surface area (Å²) in [6.45, 7) is 2.79. The van der Waals surface area contributed by atoms with Crippen molar-refractivity contribution in [1.29, 1.82) is 0 Å². The van der Waals surface area contributed by atoms with Gasteiger partial charge in [0.1, 0.15) is 16.4 Å². The van der Waals surface area contributed by atoms with E-state index in [1.807, 2.05) is 24.3 Å². The number of para-hydroxylation sites is 1. The first-order valence-corrected chi connectivity index (χ1v) is 12.2. The van der Waals surface area contributed by atoms with Gasteiger partial charge in [-0.05, 0) is 50.3 Å². The lowest BCUT2D eigenvalue weighted by molar-refractivity contribution is 0.416. The third-order valence-corrected chi connectivity index (χ3v) is 7.76. The predicted octanol–water partition coefficient (Wildman–Crippen LogP) is 4.44. The maximum Gasteiger partial charge on any atom is 0.259 e. The summed E-state index contributed by atoms with van der Waals surface area (Å²) in [7, 11) is 1.65. The molecule has 0 saturated carbocycles. The van der Waals surface area contributed by atoms with Crippen molar-refractivity contribution in [3.8, 4) is 17.1 Å². The molecule has 0 amide bonds. The van der Waals surface area contributed by atoms with Crippen LogP contribution in [0.4, 0.5) is 0 Å². The fourth-order valence-electron chi connectivity index (χ4n) is 4.12. The fourth-order valence-corrected chi connectivity index (χ4v) is 6.27. The number of H-pyrrole nitrogens is 1. The highest BCUT2D eigenvalue weighted by molar-refractivity contribution is 7.98. The van der Waals surface area contributed by atoms with Crippen LogP contribution in [0.3, 0.4) is 0 Å². The topological polar surface area (TPSA) is 85.7 Å². The van der Waals surface area contributed by atoms with Crippen LogP contribution in [0, 0.1) is 0 Å². The van der Waals surface area contributed by atoms with Gasteiger partial charge in [0.15, 0.2) is 11.0 Å². The van der Waals surface area contributed by atoms with E-state index in [4.69, 9.17) is 9.72 Å². The van der Waals surface area contributed by atoms with Gasteiger partial charge in [0.2, 0.25) is 0 Å². The second kappa shape index (κ2) is 8.47. The van der Waals surface area contributed by atoms with E-state index in [1.54, 1.807) is 18.4 Å². The number of benzene rings is 1. The molecule has 0 spiro atoms. The van der Waals surface area contributed by atoms with E-state index in [1.165, 1.54) is 28.6 Å². The van der Waals surface area contributed by atoms with Gasteiger partial charge in [-0.25, -0.2) is 4.98 Å². The van der Waals surface area contributed by atoms with Crippen molar-refractivity contribution in [2.75, 3.05) is 7.11 Å². The van der Waals surface area contributed by atoms with Crippen LogP contribution in [0.5, 0.6) is 5.75 Å². The maximum atomic E-state index is 12.8. The smallest absolute Gasteiger partial charge is 0.259 e. The van der Waals surface area contributed by atoms with Crippen molar-refractivity contribution in [2.24, 2.45) is 0 Å². The van der Waals surface area contributed by atoms with Crippen LogP contribution in [0.1, 0.15) is 36.0 Å². The average Bonchev–Trinajstić information content (AvgIpc) is 3.38. The number of hydrogen-bond donors (Lipinski definition) is 1. The van der Waals surface area contributed by atoms with E-state index in [-0.39, 0.29) is 5.56 Å². The van der Waals surface area contributed by atoms with Gasteiger partial charge in [0.05, 0.1) is 23.8 Å². The molecule has 0 bridgehead atoms. The van der Waals surface area contributed by atoms with Gasteiger partial charge in [-0.1, -0.05) is 23.9 Å². The molecule has 3 aromatic heterocycles. The predicted molar refractivity (Wildman–Crippen MR) is 124 cm³/mol. The molecule has 1 N–H and O–H groups in total. The highest BCUT2D eigenvalue weighted by Crippen LogP contribution is 2.34. The second-order valence-corrected chi connectivity index (χ2v) is 9.47. The average molecular weight is 454 g/mol. The number of methoxy groups -OCH3 is 1. The normalized spacial score (nSPS) is 13.5. The highest BCUT2D eigenvalue weighted by atomic mass is 32.2. The summed E-state index contributed by atoms with van der Waals surface area (Å²) in [5.41, 5.74) is 2.10. The van der Waals surface area contributed by atoms with E-state index in [0.29, 0.717) is 11.6 Å². The number of nitrogens with zero attached hydrogens (tertiary/aromatic N) is 4. The zero-order valence-corrected chi connectivity index (χ0v) is 19.1. The Morgan fingerprint density at radius 2 is 2.06 bits per heavy atom. The summed E-state index contributed by atoms with van der Waals surface area (Å²) < 4.78 is 7.55. The summed E-state index contributed by atoms with van der Waals surface area (Å²) >= 11 is 3.20. The van der Waals surface area contributed by atoms with Gasteiger partial charge in [-0.3, -0.25) is 4.79 Å². The van der Waals surface area contributed by atoms with Crippen LogP contribution in [0.25, 0.3) is 21.6 Å². The minimum atomic E-state index is -0.0216. The molecule has 0 unspecified atom stereocenters. The van der Waals surface area contributed by atoms with Crippen molar-refractivity contribution in [1.82, 2.24) is 24.7 Å². The Balaban J connectivity index is 1.43. The molecular weight excluding hydrogens is 430 g/mol. The number of thiophene rings is 1. The Bertz CT molecular complexity index is 1310. The number of aromatic nitrogens is 5. The van der Waals surface area contributed by atoms with Crippen LogP contribution >= 0.6 is 23.1 Å². The molecule has 5 rings (SSSR count). The summed E-state index contributed by atoms with van der Waals surface area (Å²) in [6.07, 6.45) is 4.39. The van der Waals surface area contributed by atoms with E-state index >= 15 is 0 Å². The first kappa shape index (κ1) is 20.3. The molecule has 1 aliphatic rings. The third kappa shape index (κ3) is 3.65.